The molecule has 1 aliphatic rings. The van der Waals surface area contributed by atoms with Gasteiger partial charge in [-0.1, -0.05) is 37.3 Å². The van der Waals surface area contributed by atoms with Crippen molar-refractivity contribution >= 4 is 23.0 Å². The molecule has 0 aromatic heterocycles. The SMILES string of the molecule is CCC(=O)Nc1ccccc1N1CCN(c2ccccc2)CC1. The maximum Gasteiger partial charge on any atom is 0.224 e. The molecule has 1 N–H and O–H groups in total. The first-order valence-corrected chi connectivity index (χ1v) is 8.21. The number of anilines is 3. The summed E-state index contributed by atoms with van der Waals surface area (Å²) in [7, 11) is 0. The Hall–Kier alpha value is -2.49. The van der Waals surface area contributed by atoms with Crippen molar-refractivity contribution in [3.63, 3.8) is 0 Å². The first-order chi connectivity index (χ1) is 11.3. The van der Waals surface area contributed by atoms with E-state index in [0.29, 0.717) is 6.42 Å². The number of piperazine rings is 1. The minimum Gasteiger partial charge on any atom is -0.368 e. The molecule has 1 heterocycles. The quantitative estimate of drug-likeness (QED) is 0.940. The van der Waals surface area contributed by atoms with E-state index >= 15 is 0 Å². The molecule has 1 fully saturated rings. The second-order valence-electron chi connectivity index (χ2n) is 5.73. The number of nitrogens with one attached hydrogen (secondary N) is 1. The van der Waals surface area contributed by atoms with Crippen LogP contribution in [0.1, 0.15) is 13.3 Å². The number of carbonyl (C=O) groups is 1. The second kappa shape index (κ2) is 7.18. The standard InChI is InChI=1S/C19H23N3O/c1-2-19(23)20-17-10-6-7-11-18(17)22-14-12-21(13-15-22)16-8-4-3-5-9-16/h3-11H,2,12-15H2,1H3,(H,20,23). The van der Waals surface area contributed by atoms with Crippen LogP contribution in [-0.4, -0.2) is 32.1 Å². The van der Waals surface area contributed by atoms with Gasteiger partial charge in [-0.15, -0.1) is 0 Å². The predicted octanol–water partition coefficient (Wildman–Crippen LogP) is 3.36. The second-order valence-corrected chi connectivity index (χ2v) is 5.73. The molecule has 0 atom stereocenters. The molecule has 3 rings (SSSR count). The van der Waals surface area contributed by atoms with Crippen LogP contribution < -0.4 is 15.1 Å². The van der Waals surface area contributed by atoms with E-state index in [9.17, 15) is 4.79 Å². The fourth-order valence-electron chi connectivity index (χ4n) is 2.94. The van der Waals surface area contributed by atoms with Gasteiger partial charge in [-0.05, 0) is 24.3 Å². The molecule has 0 saturated carbocycles. The Morgan fingerprint density at radius 1 is 0.913 bits per heavy atom. The van der Waals surface area contributed by atoms with Crippen LogP contribution in [0, 0.1) is 0 Å². The number of amides is 1. The molecule has 0 bridgehead atoms. The van der Waals surface area contributed by atoms with Crippen molar-refractivity contribution in [2.75, 3.05) is 41.3 Å². The number of hydrogen-bond acceptors (Lipinski definition) is 3. The van der Waals surface area contributed by atoms with Crippen LogP contribution in [0.5, 0.6) is 0 Å². The number of benzene rings is 2. The summed E-state index contributed by atoms with van der Waals surface area (Å²) in [6.45, 7) is 5.75. The van der Waals surface area contributed by atoms with Crippen LogP contribution in [0.4, 0.5) is 17.1 Å². The molecule has 0 aliphatic carbocycles. The van der Waals surface area contributed by atoms with Crippen molar-refractivity contribution in [1.29, 1.82) is 0 Å². The van der Waals surface area contributed by atoms with Gasteiger partial charge in [0.1, 0.15) is 0 Å². The minimum absolute atomic E-state index is 0.0559. The van der Waals surface area contributed by atoms with Gasteiger partial charge in [0.25, 0.3) is 0 Å². The van der Waals surface area contributed by atoms with Gasteiger partial charge in [0.15, 0.2) is 0 Å². The van der Waals surface area contributed by atoms with Gasteiger partial charge in [0.05, 0.1) is 11.4 Å². The predicted molar refractivity (Wildman–Crippen MR) is 96.2 cm³/mol. The number of rotatable bonds is 4. The molecule has 0 spiro atoms. The Balaban J connectivity index is 1.69. The summed E-state index contributed by atoms with van der Waals surface area (Å²) in [5, 5.41) is 3.01. The Kier molecular flexibility index (Phi) is 4.81. The maximum atomic E-state index is 11.7. The average Bonchev–Trinajstić information content (AvgIpc) is 2.63. The van der Waals surface area contributed by atoms with Crippen molar-refractivity contribution < 1.29 is 4.79 Å². The number of carbonyl (C=O) groups excluding carboxylic acids is 1. The number of para-hydroxylation sites is 3. The van der Waals surface area contributed by atoms with E-state index in [0.717, 1.165) is 37.6 Å². The van der Waals surface area contributed by atoms with Crippen molar-refractivity contribution in [3.05, 3.63) is 54.6 Å². The molecular formula is C19H23N3O. The summed E-state index contributed by atoms with van der Waals surface area (Å²) in [4.78, 5) is 16.5. The summed E-state index contributed by atoms with van der Waals surface area (Å²) in [6, 6.07) is 18.6. The lowest BCUT2D eigenvalue weighted by Gasteiger charge is -2.38. The molecule has 1 amide bonds. The van der Waals surface area contributed by atoms with E-state index in [1.165, 1.54) is 5.69 Å². The van der Waals surface area contributed by atoms with Crippen LogP contribution >= 0.6 is 0 Å². The van der Waals surface area contributed by atoms with Gasteiger partial charge < -0.3 is 15.1 Å². The van der Waals surface area contributed by atoms with Crippen LogP contribution in [0.2, 0.25) is 0 Å². The van der Waals surface area contributed by atoms with E-state index in [4.69, 9.17) is 0 Å². The zero-order valence-corrected chi connectivity index (χ0v) is 13.5. The van der Waals surface area contributed by atoms with Gasteiger partial charge in [0.2, 0.25) is 5.91 Å². The highest BCUT2D eigenvalue weighted by molar-refractivity contribution is 5.94. The Morgan fingerprint density at radius 3 is 2.22 bits per heavy atom. The smallest absolute Gasteiger partial charge is 0.224 e. The molecule has 23 heavy (non-hydrogen) atoms. The van der Waals surface area contributed by atoms with Gasteiger partial charge in [0, 0.05) is 38.3 Å². The summed E-state index contributed by atoms with van der Waals surface area (Å²) < 4.78 is 0. The summed E-state index contributed by atoms with van der Waals surface area (Å²) in [6.07, 6.45) is 0.496. The lowest BCUT2D eigenvalue weighted by atomic mass is 10.2. The number of hydrogen-bond donors (Lipinski definition) is 1. The molecule has 4 nitrogen and oxygen atoms in total. The molecule has 4 heteroatoms. The van der Waals surface area contributed by atoms with E-state index in [-0.39, 0.29) is 5.91 Å². The molecule has 120 valence electrons. The summed E-state index contributed by atoms with van der Waals surface area (Å²) in [5.74, 6) is 0.0559. The van der Waals surface area contributed by atoms with Crippen molar-refractivity contribution in [2.45, 2.75) is 13.3 Å². The normalized spacial score (nSPS) is 14.7. The number of nitrogens with zero attached hydrogens (tertiary/aromatic N) is 2. The molecule has 1 saturated heterocycles. The molecule has 0 unspecified atom stereocenters. The highest BCUT2D eigenvalue weighted by Crippen LogP contribution is 2.27. The topological polar surface area (TPSA) is 35.6 Å². The maximum absolute atomic E-state index is 11.7. The molecule has 2 aromatic carbocycles. The van der Waals surface area contributed by atoms with Gasteiger partial charge in [-0.25, -0.2) is 0 Å². The third-order valence-corrected chi connectivity index (χ3v) is 4.24. The fourth-order valence-corrected chi connectivity index (χ4v) is 2.94. The monoisotopic (exact) mass is 309 g/mol. The van der Waals surface area contributed by atoms with Crippen molar-refractivity contribution in [3.8, 4) is 0 Å². The van der Waals surface area contributed by atoms with Gasteiger partial charge in [-0.3, -0.25) is 4.79 Å². The minimum atomic E-state index is 0.0559. The Labute approximate surface area is 137 Å². The van der Waals surface area contributed by atoms with Crippen molar-refractivity contribution in [1.82, 2.24) is 0 Å². The first kappa shape index (κ1) is 15.4. The van der Waals surface area contributed by atoms with Crippen LogP contribution in [0.15, 0.2) is 54.6 Å². The van der Waals surface area contributed by atoms with Gasteiger partial charge >= 0.3 is 0 Å². The lowest BCUT2D eigenvalue weighted by Crippen LogP contribution is -2.46. The largest absolute Gasteiger partial charge is 0.368 e. The van der Waals surface area contributed by atoms with Gasteiger partial charge in [-0.2, -0.15) is 0 Å². The zero-order chi connectivity index (χ0) is 16.1. The van der Waals surface area contributed by atoms with E-state index in [1.807, 2.05) is 31.2 Å². The molecule has 0 radical (unpaired) electrons. The third kappa shape index (κ3) is 3.65. The highest BCUT2D eigenvalue weighted by atomic mass is 16.1. The molecular weight excluding hydrogens is 286 g/mol. The van der Waals surface area contributed by atoms with E-state index in [2.05, 4.69) is 45.4 Å². The molecule has 1 aliphatic heterocycles. The zero-order valence-electron chi connectivity index (χ0n) is 13.5. The van der Waals surface area contributed by atoms with E-state index in [1.54, 1.807) is 0 Å². The Bertz CT molecular complexity index is 649. The molecule has 2 aromatic rings. The third-order valence-electron chi connectivity index (χ3n) is 4.24. The van der Waals surface area contributed by atoms with Crippen molar-refractivity contribution in [2.24, 2.45) is 0 Å². The van der Waals surface area contributed by atoms with E-state index < -0.39 is 0 Å². The summed E-state index contributed by atoms with van der Waals surface area (Å²) >= 11 is 0. The summed E-state index contributed by atoms with van der Waals surface area (Å²) in [5.41, 5.74) is 3.30. The lowest BCUT2D eigenvalue weighted by molar-refractivity contribution is -0.115. The Morgan fingerprint density at radius 2 is 1.52 bits per heavy atom. The van der Waals surface area contributed by atoms with Crippen LogP contribution in [0.25, 0.3) is 0 Å². The van der Waals surface area contributed by atoms with Crippen LogP contribution in [-0.2, 0) is 4.79 Å². The average molecular weight is 309 g/mol. The first-order valence-electron chi connectivity index (χ1n) is 8.21. The van der Waals surface area contributed by atoms with Crippen LogP contribution in [0.3, 0.4) is 0 Å². The fraction of sp³-hybridized carbons (Fsp3) is 0.316. The highest BCUT2D eigenvalue weighted by Gasteiger charge is 2.19.